The smallest absolute Gasteiger partial charge is 0.222 e. The van der Waals surface area contributed by atoms with Gasteiger partial charge in [-0.25, -0.2) is 9.97 Å². The second kappa shape index (κ2) is 7.04. The van der Waals surface area contributed by atoms with Gasteiger partial charge in [0.05, 0.1) is 5.52 Å². The normalized spacial score (nSPS) is 10.8. The van der Waals surface area contributed by atoms with E-state index in [1.165, 1.54) is 5.56 Å². The lowest BCUT2D eigenvalue weighted by molar-refractivity contribution is -0.119. The number of aryl methyl sites for hydroxylation is 2. The van der Waals surface area contributed by atoms with E-state index in [1.807, 2.05) is 36.4 Å². The molecule has 24 heavy (non-hydrogen) atoms. The summed E-state index contributed by atoms with van der Waals surface area (Å²) in [5.74, 6) is 0.614. The maximum Gasteiger partial charge on any atom is 0.222 e. The Morgan fingerprint density at radius 3 is 2.42 bits per heavy atom. The summed E-state index contributed by atoms with van der Waals surface area (Å²) in [6, 6.07) is 13.7. The Balaban J connectivity index is 1.60. The number of nitrogen functional groups attached to an aromatic ring is 2. The van der Waals surface area contributed by atoms with Crippen molar-refractivity contribution in [2.24, 2.45) is 0 Å². The number of carbonyl (C=O) groups excluding carboxylic acids is 1. The van der Waals surface area contributed by atoms with E-state index in [2.05, 4.69) is 15.0 Å². The quantitative estimate of drug-likeness (QED) is 0.721. The molecule has 1 aromatic carbocycles. The Labute approximate surface area is 139 Å². The summed E-state index contributed by atoms with van der Waals surface area (Å²) in [7, 11) is 0. The third-order valence-electron chi connectivity index (χ3n) is 3.84. The van der Waals surface area contributed by atoms with E-state index in [9.17, 15) is 4.79 Å². The predicted molar refractivity (Wildman–Crippen MR) is 94.2 cm³/mol. The summed E-state index contributed by atoms with van der Waals surface area (Å²) in [4.78, 5) is 24.5. The van der Waals surface area contributed by atoms with Crippen LogP contribution in [-0.2, 0) is 17.6 Å². The second-order valence-electron chi connectivity index (χ2n) is 5.66. The molecule has 0 bridgehead atoms. The third kappa shape index (κ3) is 3.84. The molecular weight excluding hydrogens is 302 g/mol. The highest BCUT2D eigenvalue weighted by Crippen LogP contribution is 2.17. The van der Waals surface area contributed by atoms with E-state index < -0.39 is 0 Å². The largest absolute Gasteiger partial charge is 0.382 e. The Bertz CT molecular complexity index is 864. The first-order chi connectivity index (χ1) is 11.6. The minimum absolute atomic E-state index is 0.130. The first kappa shape index (κ1) is 15.9. The Kier molecular flexibility index (Phi) is 4.65. The zero-order valence-corrected chi connectivity index (χ0v) is 13.3. The van der Waals surface area contributed by atoms with E-state index in [0.29, 0.717) is 30.3 Å². The molecule has 2 heterocycles. The zero-order valence-electron chi connectivity index (χ0n) is 13.3. The number of hydrogen-bond donors (Lipinski definition) is 2. The third-order valence-corrected chi connectivity index (χ3v) is 3.84. The Morgan fingerprint density at radius 1 is 0.875 bits per heavy atom. The minimum Gasteiger partial charge on any atom is -0.382 e. The minimum atomic E-state index is 0.130. The van der Waals surface area contributed by atoms with Gasteiger partial charge in [-0.2, -0.15) is 4.98 Å². The molecule has 0 radical (unpaired) electrons. The standard InChI is InChI=1S/C18H19N5O/c19-17-16-15(22-18(20)23-17)11-8-13(21-16)7-10-14(24)9-6-12-4-2-1-3-5-12/h1-5,8,11H,6-7,9-10H2,(H4,19,20,22,23). The van der Waals surface area contributed by atoms with Crippen molar-refractivity contribution in [3.63, 3.8) is 0 Å². The van der Waals surface area contributed by atoms with Gasteiger partial charge in [0.15, 0.2) is 5.82 Å². The van der Waals surface area contributed by atoms with Crippen LogP contribution in [0.4, 0.5) is 11.8 Å². The van der Waals surface area contributed by atoms with Crippen molar-refractivity contribution >= 4 is 28.6 Å². The lowest BCUT2D eigenvalue weighted by Crippen LogP contribution is -2.05. The average Bonchev–Trinajstić information content (AvgIpc) is 2.59. The molecule has 0 amide bonds. The average molecular weight is 321 g/mol. The molecule has 2 aromatic heterocycles. The number of carbonyl (C=O) groups is 1. The molecule has 6 heteroatoms. The van der Waals surface area contributed by atoms with Crippen LogP contribution in [-0.4, -0.2) is 20.7 Å². The van der Waals surface area contributed by atoms with Gasteiger partial charge in [-0.1, -0.05) is 30.3 Å². The number of nitrogens with zero attached hydrogens (tertiary/aromatic N) is 3. The fourth-order valence-electron chi connectivity index (χ4n) is 2.56. The van der Waals surface area contributed by atoms with Gasteiger partial charge in [-0.05, 0) is 30.5 Å². The topological polar surface area (TPSA) is 108 Å². The highest BCUT2D eigenvalue weighted by molar-refractivity contribution is 5.85. The molecular formula is C18H19N5O. The van der Waals surface area contributed by atoms with Gasteiger partial charge in [0.2, 0.25) is 5.95 Å². The lowest BCUT2D eigenvalue weighted by Gasteiger charge is -2.05. The number of aromatic nitrogens is 3. The second-order valence-corrected chi connectivity index (χ2v) is 5.66. The number of benzene rings is 1. The SMILES string of the molecule is Nc1nc(N)c2nc(CCC(=O)CCc3ccccc3)ccc2n1. The highest BCUT2D eigenvalue weighted by atomic mass is 16.1. The first-order valence-electron chi connectivity index (χ1n) is 7.86. The molecule has 122 valence electrons. The lowest BCUT2D eigenvalue weighted by atomic mass is 10.0. The summed E-state index contributed by atoms with van der Waals surface area (Å²) in [6.07, 6.45) is 2.35. The Hall–Kier alpha value is -3.02. The van der Waals surface area contributed by atoms with Crippen molar-refractivity contribution < 1.29 is 4.79 Å². The Morgan fingerprint density at radius 2 is 1.62 bits per heavy atom. The summed E-state index contributed by atoms with van der Waals surface area (Å²) in [5, 5.41) is 0. The van der Waals surface area contributed by atoms with Crippen molar-refractivity contribution in [3.8, 4) is 0 Å². The summed E-state index contributed by atoms with van der Waals surface area (Å²) < 4.78 is 0. The first-order valence-corrected chi connectivity index (χ1v) is 7.86. The number of hydrogen-bond acceptors (Lipinski definition) is 6. The van der Waals surface area contributed by atoms with Crippen LogP contribution >= 0.6 is 0 Å². The van der Waals surface area contributed by atoms with Crippen LogP contribution in [0, 0.1) is 0 Å². The van der Waals surface area contributed by atoms with Crippen LogP contribution in [0.5, 0.6) is 0 Å². The fraction of sp³-hybridized carbons (Fsp3) is 0.222. The number of anilines is 2. The van der Waals surface area contributed by atoms with Crippen molar-refractivity contribution in [2.45, 2.75) is 25.7 Å². The molecule has 4 N–H and O–H groups in total. The van der Waals surface area contributed by atoms with Crippen molar-refractivity contribution in [1.82, 2.24) is 15.0 Å². The van der Waals surface area contributed by atoms with Crippen LogP contribution in [0.2, 0.25) is 0 Å². The molecule has 0 aliphatic carbocycles. The zero-order chi connectivity index (χ0) is 16.9. The molecule has 0 fully saturated rings. The molecule has 0 aliphatic heterocycles. The molecule has 0 unspecified atom stereocenters. The number of pyridine rings is 1. The van der Waals surface area contributed by atoms with E-state index in [0.717, 1.165) is 12.1 Å². The van der Waals surface area contributed by atoms with E-state index in [-0.39, 0.29) is 17.5 Å². The molecule has 0 atom stereocenters. The van der Waals surface area contributed by atoms with Gasteiger partial charge in [-0.15, -0.1) is 0 Å². The summed E-state index contributed by atoms with van der Waals surface area (Å²) >= 11 is 0. The van der Waals surface area contributed by atoms with Crippen molar-refractivity contribution in [1.29, 1.82) is 0 Å². The number of fused-ring (bicyclic) bond motifs is 1. The van der Waals surface area contributed by atoms with Gasteiger partial charge in [0.25, 0.3) is 0 Å². The molecule has 0 aliphatic rings. The number of ketones is 1. The maximum atomic E-state index is 12.1. The van der Waals surface area contributed by atoms with Crippen LogP contribution in [0.15, 0.2) is 42.5 Å². The van der Waals surface area contributed by atoms with Crippen LogP contribution in [0.1, 0.15) is 24.1 Å². The predicted octanol–water partition coefficient (Wildman–Crippen LogP) is 2.32. The van der Waals surface area contributed by atoms with Gasteiger partial charge in [-0.3, -0.25) is 4.79 Å². The van der Waals surface area contributed by atoms with Crippen molar-refractivity contribution in [2.75, 3.05) is 11.5 Å². The van der Waals surface area contributed by atoms with E-state index in [1.54, 1.807) is 6.07 Å². The van der Waals surface area contributed by atoms with E-state index >= 15 is 0 Å². The number of nitrogens with two attached hydrogens (primary N) is 2. The molecule has 6 nitrogen and oxygen atoms in total. The van der Waals surface area contributed by atoms with Gasteiger partial charge in [0, 0.05) is 18.5 Å². The summed E-state index contributed by atoms with van der Waals surface area (Å²) in [6.45, 7) is 0. The van der Waals surface area contributed by atoms with Crippen LogP contribution in [0.3, 0.4) is 0 Å². The number of rotatable bonds is 6. The van der Waals surface area contributed by atoms with Crippen LogP contribution < -0.4 is 11.5 Å². The highest BCUT2D eigenvalue weighted by Gasteiger charge is 2.08. The van der Waals surface area contributed by atoms with E-state index in [4.69, 9.17) is 11.5 Å². The molecule has 0 saturated heterocycles. The van der Waals surface area contributed by atoms with Gasteiger partial charge < -0.3 is 11.5 Å². The van der Waals surface area contributed by atoms with Crippen molar-refractivity contribution in [3.05, 3.63) is 53.7 Å². The summed E-state index contributed by atoms with van der Waals surface area (Å²) in [5.41, 5.74) is 14.5. The monoisotopic (exact) mass is 321 g/mol. The van der Waals surface area contributed by atoms with Crippen LogP contribution in [0.25, 0.3) is 11.0 Å². The van der Waals surface area contributed by atoms with Gasteiger partial charge >= 0.3 is 0 Å². The molecule has 3 rings (SSSR count). The van der Waals surface area contributed by atoms with Gasteiger partial charge in [0.1, 0.15) is 11.3 Å². The molecule has 0 spiro atoms. The fourth-order valence-corrected chi connectivity index (χ4v) is 2.56. The molecule has 0 saturated carbocycles. The number of Topliss-reactive ketones (excluding diaryl/α,β-unsaturated/α-hetero) is 1. The molecule has 3 aromatic rings. The maximum absolute atomic E-state index is 12.1.